The molecular formula is C66H104O34. The van der Waals surface area contributed by atoms with Gasteiger partial charge in [-0.05, 0) is 93.3 Å². The highest BCUT2D eigenvalue weighted by Gasteiger charge is 2.79. The molecule has 11 rings (SSSR count). The fourth-order valence-corrected chi connectivity index (χ4v) is 18.7. The monoisotopic (exact) mass is 1440 g/mol. The van der Waals surface area contributed by atoms with Crippen LogP contribution in [0.2, 0.25) is 0 Å². The van der Waals surface area contributed by atoms with Crippen LogP contribution in [-0.4, -0.2) is 326 Å². The summed E-state index contributed by atoms with van der Waals surface area (Å²) in [6.07, 6.45) is -43.5. The largest absolute Gasteiger partial charge is 0.458 e. The van der Waals surface area contributed by atoms with E-state index in [1.165, 1.54) is 5.57 Å². The molecule has 572 valence electrons. The van der Waals surface area contributed by atoms with Crippen molar-refractivity contribution in [3.8, 4) is 0 Å². The number of cyclic esters (lactones) is 1. The fourth-order valence-electron chi connectivity index (χ4n) is 18.7. The number of hydrogen-bond donors (Lipinski definition) is 15. The zero-order valence-electron chi connectivity index (χ0n) is 57.3. The molecule has 3 saturated carbocycles. The molecule has 0 unspecified atom stereocenters. The molecular weight excluding hydrogens is 1340 g/mol. The molecule has 4 aliphatic carbocycles. The summed E-state index contributed by atoms with van der Waals surface area (Å²) in [5.74, 6) is -1.11. The SMILES string of the molecule is C=C(C)CCC[C@]1(C)OC(=O)[C@]23CC=C4[C@@H](CC[C@H]5C(C)(C)[C@@H](O[C@@H]6OC[C@@H](O[C@@H]7O[C@H](CO)[C@@H](O)[C@H](O[C@@H]8O[C@H](CO)[C@@H](O)[C@H](OOC)[C@H]8O)[C@H]7O)[C@H](O)[C@H]6O[C@@H]6O[C@H](CO)[C@@H](O[C@@H]7OC[C@@H](O)[C@H](O[C@@H]8O[C@H](CO)[C@@H](O)[C@H](OOC)[C@H]8O)[C@H]7O)[C@H](O)[C@H]6O)CC[C@]45C)[C@]2(C)CC(=O)[C@@H]31. The van der Waals surface area contributed by atoms with E-state index in [2.05, 4.69) is 50.1 Å². The Hall–Kier alpha value is -2.62. The van der Waals surface area contributed by atoms with Crippen molar-refractivity contribution in [3.63, 3.8) is 0 Å². The van der Waals surface area contributed by atoms with Crippen molar-refractivity contribution in [2.75, 3.05) is 53.9 Å². The first kappa shape index (κ1) is 78.5. The Balaban J connectivity index is 0.837. The third-order valence-electron chi connectivity index (χ3n) is 23.9. The fraction of sp³-hybridized carbons (Fsp3) is 0.909. The van der Waals surface area contributed by atoms with Crippen LogP contribution in [0, 0.1) is 39.4 Å². The second-order valence-corrected chi connectivity index (χ2v) is 30.2. The van der Waals surface area contributed by atoms with Crippen molar-refractivity contribution in [2.24, 2.45) is 39.4 Å². The maximum atomic E-state index is 14.6. The number of carbonyl (C=O) groups is 2. The van der Waals surface area contributed by atoms with Crippen LogP contribution in [0.5, 0.6) is 0 Å². The van der Waals surface area contributed by atoms with Crippen LogP contribution in [0.1, 0.15) is 99.3 Å². The van der Waals surface area contributed by atoms with E-state index >= 15 is 0 Å². The van der Waals surface area contributed by atoms with E-state index in [4.69, 9.17) is 71.4 Å². The molecule has 34 heteroatoms. The van der Waals surface area contributed by atoms with Gasteiger partial charge >= 0.3 is 5.97 Å². The topological polar surface area (TPSA) is 495 Å². The molecule has 0 radical (unpaired) electrons. The Morgan fingerprint density at radius 2 is 1.06 bits per heavy atom. The van der Waals surface area contributed by atoms with Crippen molar-refractivity contribution in [1.29, 1.82) is 0 Å². The van der Waals surface area contributed by atoms with E-state index < -0.39 is 251 Å². The molecule has 11 aliphatic rings. The van der Waals surface area contributed by atoms with Crippen LogP contribution >= 0.6 is 0 Å². The third kappa shape index (κ3) is 13.8. The van der Waals surface area contributed by atoms with E-state index in [1.807, 2.05) is 13.8 Å². The van der Waals surface area contributed by atoms with Crippen LogP contribution in [-0.2, 0) is 90.7 Å². The summed E-state index contributed by atoms with van der Waals surface area (Å²) in [6, 6.07) is 0. The minimum atomic E-state index is -2.16. The normalized spacial score (nSPS) is 50.9. The molecule has 34 nitrogen and oxygen atoms in total. The number of allylic oxidation sites excluding steroid dienone is 3. The van der Waals surface area contributed by atoms with E-state index in [0.29, 0.717) is 38.5 Å². The highest BCUT2D eigenvalue weighted by molar-refractivity contribution is 5.99. The van der Waals surface area contributed by atoms with Crippen molar-refractivity contribution < 1.29 is 167 Å². The Labute approximate surface area is 577 Å². The number of carbonyl (C=O) groups excluding carboxylic acids is 2. The average Bonchev–Trinajstić information content (AvgIpc) is 1.48. The van der Waals surface area contributed by atoms with Gasteiger partial charge in [0.15, 0.2) is 49.9 Å². The standard InChI is InChI=1S/C66H104O34/c1-26(2)11-10-16-65(7)54-29(71)19-64(6)28-12-13-36-62(3,4)37(15-17-63(36,5)27(28)14-18-66(54,64)61(83)98-65)93-60-53(41(76)35(25-87-60)92-57-45(80)50(38(73)31(20-67)88-57)96-59-47(82)52(100-85-9)40(75)33(22-69)90-59)97-56-43(78)42(77)49(34(23-70)91-56)95-55-44(79)48(30(72)24-86-55)94-58-46(81)51(99-84-8)39(74)32(21-68)89-58/h14,28,30-60,67-70,72-82H,1,10-13,15-25H2,2-9H3/t28-,30-,31-,32-,33-,34-,35-,36+,37+,38-,39-,40-,41+,42-,43-,44-,45-,46-,47-,48+,49-,50+,51+,52+,53-,54-,55+,56+,57+,58+,59+,60+,63-,64+,65+,66-/m1/s1. The smallest absolute Gasteiger partial charge is 0.314 e. The van der Waals surface area contributed by atoms with Gasteiger partial charge in [0.2, 0.25) is 0 Å². The van der Waals surface area contributed by atoms with Gasteiger partial charge in [0, 0.05) is 6.42 Å². The number of fused-ring (bicyclic) bond motifs is 4. The Bertz CT molecular complexity index is 2840. The van der Waals surface area contributed by atoms with Crippen LogP contribution in [0.3, 0.4) is 0 Å². The van der Waals surface area contributed by atoms with Gasteiger partial charge in [-0.2, -0.15) is 0 Å². The number of aliphatic hydroxyl groups is 15. The minimum Gasteiger partial charge on any atom is -0.458 e. The summed E-state index contributed by atoms with van der Waals surface area (Å²) in [5, 5.41) is 168. The molecule has 0 amide bonds. The van der Waals surface area contributed by atoms with Gasteiger partial charge < -0.3 is 138 Å². The minimum absolute atomic E-state index is 0.0390. The second kappa shape index (κ2) is 30.9. The first-order valence-corrected chi connectivity index (χ1v) is 34.5. The second-order valence-electron chi connectivity index (χ2n) is 30.2. The average molecular weight is 1440 g/mol. The number of esters is 1. The maximum Gasteiger partial charge on any atom is 0.314 e. The number of aliphatic hydroxyl groups excluding tert-OH is 15. The summed E-state index contributed by atoms with van der Waals surface area (Å²) < 4.78 is 79.0. The van der Waals surface area contributed by atoms with Crippen molar-refractivity contribution in [3.05, 3.63) is 23.8 Å². The third-order valence-corrected chi connectivity index (χ3v) is 23.9. The summed E-state index contributed by atoms with van der Waals surface area (Å²) in [7, 11) is 2.19. The van der Waals surface area contributed by atoms with Crippen LogP contribution in [0.25, 0.3) is 0 Å². The van der Waals surface area contributed by atoms with Gasteiger partial charge in [-0.25, -0.2) is 19.6 Å². The molecule has 7 heterocycles. The quantitative estimate of drug-likeness (QED) is 0.0143. The maximum absolute atomic E-state index is 14.6. The molecule has 0 aromatic rings. The Morgan fingerprint density at radius 3 is 1.64 bits per heavy atom. The first-order chi connectivity index (χ1) is 47.3. The lowest BCUT2D eigenvalue weighted by atomic mass is 9.41. The number of ether oxygens (including phenoxy) is 13. The van der Waals surface area contributed by atoms with Crippen molar-refractivity contribution in [2.45, 2.75) is 283 Å². The Morgan fingerprint density at radius 1 is 0.550 bits per heavy atom. The molecule has 1 spiro atoms. The molecule has 10 fully saturated rings. The summed E-state index contributed by atoms with van der Waals surface area (Å²) in [5.41, 5.74) is -1.74. The van der Waals surface area contributed by atoms with Gasteiger partial charge in [-0.1, -0.05) is 44.9 Å². The summed E-state index contributed by atoms with van der Waals surface area (Å²) >= 11 is 0. The summed E-state index contributed by atoms with van der Waals surface area (Å²) in [4.78, 5) is 48.5. The van der Waals surface area contributed by atoms with Crippen LogP contribution in [0.4, 0.5) is 0 Å². The first-order valence-electron chi connectivity index (χ1n) is 34.5. The van der Waals surface area contributed by atoms with Gasteiger partial charge in [-0.3, -0.25) is 9.59 Å². The highest BCUT2D eigenvalue weighted by atomic mass is 17.2. The zero-order valence-corrected chi connectivity index (χ0v) is 57.3. The van der Waals surface area contributed by atoms with Gasteiger partial charge in [0.1, 0.15) is 133 Å². The molecule has 7 aliphatic heterocycles. The molecule has 0 aromatic heterocycles. The van der Waals surface area contributed by atoms with E-state index in [0.717, 1.165) is 32.6 Å². The van der Waals surface area contributed by atoms with Gasteiger partial charge in [0.05, 0.1) is 71.3 Å². The van der Waals surface area contributed by atoms with Crippen LogP contribution < -0.4 is 0 Å². The lowest BCUT2D eigenvalue weighted by Crippen LogP contribution is -2.67. The summed E-state index contributed by atoms with van der Waals surface area (Å²) in [6.45, 7) is 11.7. The van der Waals surface area contributed by atoms with Gasteiger partial charge in [0.25, 0.3) is 0 Å². The van der Waals surface area contributed by atoms with E-state index in [9.17, 15) is 86.2 Å². The van der Waals surface area contributed by atoms with Crippen molar-refractivity contribution in [1.82, 2.24) is 0 Å². The van der Waals surface area contributed by atoms with Gasteiger partial charge in [-0.15, -0.1) is 6.58 Å². The number of Topliss-reactive ketones (excluding diaryl/α,β-unsaturated/α-hetero) is 1. The van der Waals surface area contributed by atoms with E-state index in [-0.39, 0.29) is 30.0 Å². The molecule has 7 saturated heterocycles. The van der Waals surface area contributed by atoms with Crippen LogP contribution in [0.15, 0.2) is 23.8 Å². The molecule has 15 N–H and O–H groups in total. The lowest BCUT2D eigenvalue weighted by Gasteiger charge is -2.63. The van der Waals surface area contributed by atoms with E-state index in [1.54, 1.807) is 0 Å². The molecule has 36 atom stereocenters. The predicted molar refractivity (Wildman–Crippen MR) is 328 cm³/mol. The van der Waals surface area contributed by atoms with Crippen molar-refractivity contribution >= 4 is 11.8 Å². The number of rotatable bonds is 24. The molecule has 0 aromatic carbocycles. The lowest BCUT2D eigenvalue weighted by molar-refractivity contribution is -0.408. The molecule has 100 heavy (non-hydrogen) atoms. The highest BCUT2D eigenvalue weighted by Crippen LogP contribution is 2.75. The predicted octanol–water partition coefficient (Wildman–Crippen LogP) is -4.43. The Kier molecular flexibility index (Phi) is 24.3. The number of hydrogen-bond acceptors (Lipinski definition) is 34. The number of ketones is 1. The zero-order chi connectivity index (χ0) is 72.6. The molecule has 0 bridgehead atoms.